The van der Waals surface area contributed by atoms with Gasteiger partial charge < -0.3 is 25.1 Å². The standard InChI is InChI=1S/C18H18F3N5O4/c1-8(16(22)27)23-10-3-2-9-14(13(10)19)29-5-4-25-6-12(24-17(9)25)26-11(15(20)21)7-30-18(26)28/h2-3,6,8,11,15,23H,4-5,7H2,1H3,(H2,22,27)/t8-,11-/m0/s1. The number of hydrogen-bond acceptors (Lipinski definition) is 6. The molecule has 2 aliphatic rings. The van der Waals surface area contributed by atoms with E-state index in [2.05, 4.69) is 10.3 Å². The molecule has 1 aromatic heterocycles. The van der Waals surface area contributed by atoms with Crippen molar-refractivity contribution < 1.29 is 32.2 Å². The highest BCUT2D eigenvalue weighted by atomic mass is 19.3. The summed E-state index contributed by atoms with van der Waals surface area (Å²) in [5, 5.41) is 2.67. The minimum absolute atomic E-state index is 0.0150. The fourth-order valence-electron chi connectivity index (χ4n) is 3.32. The molecule has 0 aliphatic carbocycles. The highest BCUT2D eigenvalue weighted by Crippen LogP contribution is 2.39. The Morgan fingerprint density at radius 1 is 1.37 bits per heavy atom. The lowest BCUT2D eigenvalue weighted by molar-refractivity contribution is -0.118. The molecule has 1 fully saturated rings. The number of nitrogens with one attached hydrogen (secondary N) is 1. The number of benzene rings is 1. The number of ether oxygens (including phenoxy) is 2. The van der Waals surface area contributed by atoms with Gasteiger partial charge in [-0.2, -0.15) is 0 Å². The van der Waals surface area contributed by atoms with Crippen LogP contribution in [-0.4, -0.2) is 53.3 Å². The maximum atomic E-state index is 15.0. The van der Waals surface area contributed by atoms with E-state index in [0.717, 1.165) is 4.90 Å². The first-order valence-corrected chi connectivity index (χ1v) is 9.10. The molecule has 4 rings (SSSR count). The maximum Gasteiger partial charge on any atom is 0.416 e. The number of amides is 2. The normalized spacial score (nSPS) is 18.9. The Balaban J connectivity index is 1.73. The van der Waals surface area contributed by atoms with Crippen LogP contribution in [0.15, 0.2) is 18.3 Å². The monoisotopic (exact) mass is 425 g/mol. The molecule has 1 saturated heterocycles. The van der Waals surface area contributed by atoms with Crippen LogP contribution in [0.2, 0.25) is 0 Å². The lowest BCUT2D eigenvalue weighted by atomic mass is 10.1. The molecular weight excluding hydrogens is 407 g/mol. The molecule has 2 atom stereocenters. The Hall–Kier alpha value is -3.44. The molecule has 3 N–H and O–H groups in total. The molecule has 1 aromatic carbocycles. The van der Waals surface area contributed by atoms with Crippen LogP contribution in [-0.2, 0) is 16.1 Å². The van der Waals surface area contributed by atoms with Crippen LogP contribution in [0.4, 0.5) is 29.5 Å². The number of imidazole rings is 1. The van der Waals surface area contributed by atoms with Crippen LogP contribution in [0.25, 0.3) is 11.4 Å². The maximum absolute atomic E-state index is 15.0. The Kier molecular flexibility index (Phi) is 4.92. The lowest BCUT2D eigenvalue weighted by Gasteiger charge is -2.18. The number of aromatic nitrogens is 2. The Morgan fingerprint density at radius 3 is 2.83 bits per heavy atom. The SMILES string of the molecule is C[C@H](Nc1ccc2c(c1F)OCCn1cc(N3C(=O)OC[C@H]3C(F)F)nc1-2)C(N)=O. The fraction of sp³-hybridized carbons (Fsp3) is 0.389. The van der Waals surface area contributed by atoms with E-state index in [0.29, 0.717) is 0 Å². The van der Waals surface area contributed by atoms with Crippen molar-refractivity contribution in [1.82, 2.24) is 9.55 Å². The van der Waals surface area contributed by atoms with Gasteiger partial charge in [-0.3, -0.25) is 4.79 Å². The second kappa shape index (κ2) is 7.43. The van der Waals surface area contributed by atoms with Gasteiger partial charge in [0.25, 0.3) is 6.43 Å². The van der Waals surface area contributed by atoms with Gasteiger partial charge in [0, 0.05) is 6.20 Å². The predicted octanol–water partition coefficient (Wildman–Crippen LogP) is 1.96. The van der Waals surface area contributed by atoms with Gasteiger partial charge in [0.15, 0.2) is 17.4 Å². The van der Waals surface area contributed by atoms with Gasteiger partial charge in [0.05, 0.1) is 17.8 Å². The number of halogens is 3. The quantitative estimate of drug-likeness (QED) is 0.758. The fourth-order valence-corrected chi connectivity index (χ4v) is 3.32. The molecular formula is C18H18F3N5O4. The first-order valence-electron chi connectivity index (χ1n) is 9.10. The van der Waals surface area contributed by atoms with Crippen molar-refractivity contribution >= 4 is 23.5 Å². The number of cyclic esters (lactones) is 1. The van der Waals surface area contributed by atoms with E-state index in [9.17, 15) is 18.4 Å². The molecule has 0 spiro atoms. The molecule has 9 nitrogen and oxygen atoms in total. The third-order valence-corrected chi connectivity index (χ3v) is 4.92. The van der Waals surface area contributed by atoms with Gasteiger partial charge in [-0.05, 0) is 19.1 Å². The van der Waals surface area contributed by atoms with Crippen LogP contribution >= 0.6 is 0 Å². The molecule has 0 radical (unpaired) electrons. The number of rotatable bonds is 5. The summed E-state index contributed by atoms with van der Waals surface area (Å²) >= 11 is 0. The zero-order valence-electron chi connectivity index (χ0n) is 15.8. The number of primary amides is 1. The molecule has 2 amide bonds. The van der Waals surface area contributed by atoms with Crippen LogP contribution in [0.5, 0.6) is 5.75 Å². The van der Waals surface area contributed by atoms with Crippen LogP contribution in [0, 0.1) is 5.82 Å². The van der Waals surface area contributed by atoms with Gasteiger partial charge in [-0.15, -0.1) is 0 Å². The zero-order valence-corrected chi connectivity index (χ0v) is 15.8. The van der Waals surface area contributed by atoms with Crippen molar-refractivity contribution in [2.24, 2.45) is 5.73 Å². The second-order valence-corrected chi connectivity index (χ2v) is 6.89. The van der Waals surface area contributed by atoms with E-state index in [1.165, 1.54) is 25.3 Å². The second-order valence-electron chi connectivity index (χ2n) is 6.89. The molecule has 0 unspecified atom stereocenters. The van der Waals surface area contributed by atoms with Crippen LogP contribution in [0.1, 0.15) is 6.92 Å². The topological polar surface area (TPSA) is 112 Å². The third-order valence-electron chi connectivity index (χ3n) is 4.92. The first-order chi connectivity index (χ1) is 14.3. The zero-order chi connectivity index (χ0) is 21.6. The summed E-state index contributed by atoms with van der Waals surface area (Å²) in [6.45, 7) is 1.37. The summed E-state index contributed by atoms with van der Waals surface area (Å²) in [5.74, 6) is -1.28. The number of nitrogens with two attached hydrogens (primary N) is 1. The number of hydrogen-bond donors (Lipinski definition) is 2. The number of carbonyl (C=O) groups excluding carboxylic acids is 2. The molecule has 2 aliphatic heterocycles. The number of fused-ring (bicyclic) bond motifs is 3. The smallest absolute Gasteiger partial charge is 0.416 e. The summed E-state index contributed by atoms with van der Waals surface area (Å²) in [6.07, 6.45) is -2.31. The highest BCUT2D eigenvalue weighted by Gasteiger charge is 2.42. The minimum Gasteiger partial charge on any atom is -0.488 e. The van der Waals surface area contributed by atoms with E-state index in [-0.39, 0.29) is 41.8 Å². The summed E-state index contributed by atoms with van der Waals surface area (Å²) < 4.78 is 53.4. The number of carbonyl (C=O) groups is 2. The number of nitrogens with zero attached hydrogens (tertiary/aromatic N) is 3. The molecule has 2 aromatic rings. The van der Waals surface area contributed by atoms with Crippen molar-refractivity contribution in [1.29, 1.82) is 0 Å². The van der Waals surface area contributed by atoms with Crippen LogP contribution in [0.3, 0.4) is 0 Å². The average Bonchev–Trinajstić information content (AvgIpc) is 3.23. The summed E-state index contributed by atoms with van der Waals surface area (Å²) in [7, 11) is 0. The Labute approximate surface area is 168 Å². The summed E-state index contributed by atoms with van der Waals surface area (Å²) in [4.78, 5) is 28.3. The lowest BCUT2D eigenvalue weighted by Crippen LogP contribution is -2.38. The third kappa shape index (κ3) is 3.27. The van der Waals surface area contributed by atoms with E-state index < -0.39 is 42.9 Å². The van der Waals surface area contributed by atoms with Gasteiger partial charge >= 0.3 is 6.09 Å². The number of alkyl halides is 2. The largest absolute Gasteiger partial charge is 0.488 e. The van der Waals surface area contributed by atoms with Crippen molar-refractivity contribution in [3.8, 4) is 17.1 Å². The molecule has 160 valence electrons. The average molecular weight is 425 g/mol. The van der Waals surface area contributed by atoms with Crippen molar-refractivity contribution in [3.63, 3.8) is 0 Å². The highest BCUT2D eigenvalue weighted by molar-refractivity contribution is 5.90. The summed E-state index contributed by atoms with van der Waals surface area (Å²) in [6, 6.07) is 0.651. The Bertz CT molecular complexity index is 1010. The van der Waals surface area contributed by atoms with Crippen molar-refractivity contribution in [2.75, 3.05) is 23.4 Å². The molecule has 0 bridgehead atoms. The predicted molar refractivity (Wildman–Crippen MR) is 99.0 cm³/mol. The van der Waals surface area contributed by atoms with Gasteiger partial charge in [0.1, 0.15) is 31.1 Å². The van der Waals surface area contributed by atoms with E-state index in [1.54, 1.807) is 4.57 Å². The molecule has 3 heterocycles. The minimum atomic E-state index is -2.81. The van der Waals surface area contributed by atoms with Gasteiger partial charge in [0.2, 0.25) is 5.91 Å². The summed E-state index contributed by atoms with van der Waals surface area (Å²) in [5.41, 5.74) is 5.49. The number of anilines is 2. The van der Waals surface area contributed by atoms with Crippen molar-refractivity contribution in [3.05, 3.63) is 24.1 Å². The van der Waals surface area contributed by atoms with E-state index >= 15 is 4.39 Å². The molecule has 12 heteroatoms. The van der Waals surface area contributed by atoms with Crippen molar-refractivity contribution in [2.45, 2.75) is 32.0 Å². The van der Waals surface area contributed by atoms with E-state index in [1.807, 2.05) is 0 Å². The van der Waals surface area contributed by atoms with E-state index in [4.69, 9.17) is 15.2 Å². The molecule has 30 heavy (non-hydrogen) atoms. The van der Waals surface area contributed by atoms with Crippen LogP contribution < -0.4 is 20.7 Å². The molecule has 0 saturated carbocycles. The van der Waals surface area contributed by atoms with Gasteiger partial charge in [-0.25, -0.2) is 27.8 Å². The van der Waals surface area contributed by atoms with Gasteiger partial charge in [-0.1, -0.05) is 0 Å². The Morgan fingerprint density at radius 2 is 2.13 bits per heavy atom. The first kappa shape index (κ1) is 19.9.